The maximum absolute atomic E-state index is 14.0. The second-order valence-electron chi connectivity index (χ2n) is 8.11. The molecule has 1 aliphatic rings. The molecular formula is C24H23ClF3NO3. The number of aromatic hydroxyl groups is 1. The summed E-state index contributed by atoms with van der Waals surface area (Å²) >= 11 is 5.86. The quantitative estimate of drug-likeness (QED) is 0.471. The maximum atomic E-state index is 14.0. The van der Waals surface area contributed by atoms with Crippen LogP contribution in [-0.2, 0) is 12.7 Å². The van der Waals surface area contributed by atoms with Crippen LogP contribution in [0, 0.1) is 0 Å². The van der Waals surface area contributed by atoms with Gasteiger partial charge in [0.05, 0.1) is 16.5 Å². The van der Waals surface area contributed by atoms with Crippen molar-refractivity contribution in [3.8, 4) is 16.9 Å². The third kappa shape index (κ3) is 4.24. The summed E-state index contributed by atoms with van der Waals surface area (Å²) in [6.45, 7) is 3.04. The van der Waals surface area contributed by atoms with Gasteiger partial charge in [0, 0.05) is 17.6 Å². The molecule has 0 saturated carbocycles. The van der Waals surface area contributed by atoms with E-state index in [1.165, 1.54) is 36.4 Å². The second kappa shape index (κ2) is 8.79. The lowest BCUT2D eigenvalue weighted by atomic mass is 9.97. The maximum Gasteiger partial charge on any atom is 0.450 e. The molecule has 0 aliphatic carbocycles. The van der Waals surface area contributed by atoms with Crippen LogP contribution in [0.25, 0.3) is 22.1 Å². The van der Waals surface area contributed by atoms with E-state index >= 15 is 0 Å². The third-order valence-electron chi connectivity index (χ3n) is 6.11. The molecule has 8 heteroatoms. The van der Waals surface area contributed by atoms with E-state index in [4.69, 9.17) is 16.0 Å². The normalized spacial score (nSPS) is 17.7. The monoisotopic (exact) mass is 465 g/mol. The Balaban J connectivity index is 1.94. The van der Waals surface area contributed by atoms with Crippen molar-refractivity contribution in [2.24, 2.45) is 0 Å². The summed E-state index contributed by atoms with van der Waals surface area (Å²) in [6.07, 6.45) is -0.957. The fraction of sp³-hybridized carbons (Fsp3) is 0.375. The van der Waals surface area contributed by atoms with E-state index in [1.807, 2.05) is 0 Å². The fourth-order valence-corrected chi connectivity index (χ4v) is 4.59. The zero-order valence-electron chi connectivity index (χ0n) is 17.5. The number of rotatable bonds is 4. The summed E-state index contributed by atoms with van der Waals surface area (Å²) in [5.41, 5.74) is -1.32. The molecule has 2 heterocycles. The molecule has 0 bridgehead atoms. The van der Waals surface area contributed by atoms with Gasteiger partial charge in [0.15, 0.2) is 0 Å². The first kappa shape index (κ1) is 22.7. The molecule has 1 aromatic heterocycles. The van der Waals surface area contributed by atoms with Crippen LogP contribution in [0.3, 0.4) is 0 Å². The van der Waals surface area contributed by atoms with Crippen LogP contribution in [0.4, 0.5) is 13.2 Å². The first-order chi connectivity index (χ1) is 15.2. The minimum absolute atomic E-state index is 0.000748. The second-order valence-corrected chi connectivity index (χ2v) is 8.54. The van der Waals surface area contributed by atoms with Crippen molar-refractivity contribution in [2.75, 3.05) is 6.54 Å². The minimum Gasteiger partial charge on any atom is -0.507 e. The van der Waals surface area contributed by atoms with Crippen LogP contribution < -0.4 is 5.43 Å². The van der Waals surface area contributed by atoms with Crippen molar-refractivity contribution in [1.29, 1.82) is 0 Å². The van der Waals surface area contributed by atoms with E-state index in [0.717, 1.165) is 32.2 Å². The summed E-state index contributed by atoms with van der Waals surface area (Å²) in [7, 11) is 0. The Morgan fingerprint density at radius 1 is 1.16 bits per heavy atom. The van der Waals surface area contributed by atoms with Gasteiger partial charge < -0.3 is 9.52 Å². The van der Waals surface area contributed by atoms with Crippen molar-refractivity contribution in [3.05, 3.63) is 63.0 Å². The molecule has 1 N–H and O–H groups in total. The average Bonchev–Trinajstić information content (AvgIpc) is 2.76. The lowest BCUT2D eigenvalue weighted by Crippen LogP contribution is -2.38. The Hall–Kier alpha value is -2.51. The Morgan fingerprint density at radius 3 is 2.53 bits per heavy atom. The smallest absolute Gasteiger partial charge is 0.450 e. The van der Waals surface area contributed by atoms with Crippen LogP contribution >= 0.6 is 11.6 Å². The van der Waals surface area contributed by atoms with E-state index in [9.17, 15) is 23.1 Å². The van der Waals surface area contributed by atoms with Crippen molar-refractivity contribution < 1.29 is 22.7 Å². The highest BCUT2D eigenvalue weighted by Crippen LogP contribution is 2.40. The summed E-state index contributed by atoms with van der Waals surface area (Å²) in [4.78, 5) is 15.4. The Kier molecular flexibility index (Phi) is 6.23. The predicted octanol–water partition coefficient (Wildman–Crippen LogP) is 6.60. The lowest BCUT2D eigenvalue weighted by Gasteiger charge is -2.35. The number of nitrogens with zero attached hydrogens (tertiary/aromatic N) is 1. The third-order valence-corrected chi connectivity index (χ3v) is 6.36. The van der Waals surface area contributed by atoms with E-state index in [2.05, 4.69) is 11.8 Å². The molecule has 1 unspecified atom stereocenters. The van der Waals surface area contributed by atoms with Crippen LogP contribution in [0.5, 0.6) is 5.75 Å². The van der Waals surface area contributed by atoms with Gasteiger partial charge in [-0.25, -0.2) is 0 Å². The zero-order chi connectivity index (χ0) is 23.0. The van der Waals surface area contributed by atoms with E-state index in [0.29, 0.717) is 5.02 Å². The number of alkyl halides is 3. The first-order valence-corrected chi connectivity index (χ1v) is 11.0. The van der Waals surface area contributed by atoms with Gasteiger partial charge in [-0.05, 0) is 55.6 Å². The SMILES string of the molecule is CCC1CCCCN1Cc1c(O)ccc2c(=O)c(-c3ccc(Cl)cc3)c(C(F)(F)F)oc12. The summed E-state index contributed by atoms with van der Waals surface area (Å²) in [5, 5.41) is 10.9. The molecule has 0 amide bonds. The summed E-state index contributed by atoms with van der Waals surface area (Å²) in [5.74, 6) is -1.57. The molecule has 0 radical (unpaired) electrons. The first-order valence-electron chi connectivity index (χ1n) is 10.6. The summed E-state index contributed by atoms with van der Waals surface area (Å²) < 4.78 is 47.4. The molecule has 1 fully saturated rings. The molecule has 2 aromatic carbocycles. The number of hydrogen-bond donors (Lipinski definition) is 1. The molecular weight excluding hydrogens is 443 g/mol. The minimum atomic E-state index is -4.90. The van der Waals surface area contributed by atoms with Crippen molar-refractivity contribution >= 4 is 22.6 Å². The molecule has 4 nitrogen and oxygen atoms in total. The van der Waals surface area contributed by atoms with E-state index in [1.54, 1.807) is 0 Å². The van der Waals surface area contributed by atoms with E-state index in [-0.39, 0.29) is 40.4 Å². The zero-order valence-corrected chi connectivity index (χ0v) is 18.3. The Morgan fingerprint density at radius 2 is 1.88 bits per heavy atom. The highest BCUT2D eigenvalue weighted by Gasteiger charge is 2.40. The summed E-state index contributed by atoms with van der Waals surface area (Å²) in [6, 6.07) is 8.48. The van der Waals surface area contributed by atoms with Crippen molar-refractivity contribution in [2.45, 2.75) is 51.4 Å². The molecule has 1 atom stereocenters. The van der Waals surface area contributed by atoms with Gasteiger partial charge in [-0.15, -0.1) is 0 Å². The molecule has 1 saturated heterocycles. The number of likely N-dealkylation sites (tertiary alicyclic amines) is 1. The molecule has 170 valence electrons. The lowest BCUT2D eigenvalue weighted by molar-refractivity contribution is -0.152. The highest BCUT2D eigenvalue weighted by molar-refractivity contribution is 6.30. The Bertz CT molecular complexity index is 1190. The number of hydrogen-bond acceptors (Lipinski definition) is 4. The van der Waals surface area contributed by atoms with Crippen molar-refractivity contribution in [1.82, 2.24) is 4.90 Å². The van der Waals surface area contributed by atoms with Gasteiger partial charge in [-0.3, -0.25) is 9.69 Å². The molecule has 0 spiro atoms. The van der Waals surface area contributed by atoms with Crippen molar-refractivity contribution in [3.63, 3.8) is 0 Å². The van der Waals surface area contributed by atoms with Crippen LogP contribution in [-0.4, -0.2) is 22.6 Å². The standard InChI is InChI=1S/C24H23ClF3NO3/c1-2-16-5-3-4-12-29(16)13-18-19(30)11-10-17-21(31)20(14-6-8-15(25)9-7-14)23(24(26,27)28)32-22(17)18/h6-11,16,30H,2-5,12-13H2,1H3. The average molecular weight is 466 g/mol. The number of phenols is 1. The number of fused-ring (bicyclic) bond motifs is 1. The fourth-order valence-electron chi connectivity index (χ4n) is 4.47. The molecule has 1 aliphatic heterocycles. The van der Waals surface area contributed by atoms with Gasteiger partial charge in [-0.1, -0.05) is 37.1 Å². The topological polar surface area (TPSA) is 53.7 Å². The number of piperidine rings is 1. The molecule has 3 aromatic rings. The largest absolute Gasteiger partial charge is 0.507 e. The number of halogens is 4. The van der Waals surface area contributed by atoms with Crippen LogP contribution in [0.15, 0.2) is 45.6 Å². The van der Waals surface area contributed by atoms with Gasteiger partial charge in [0.2, 0.25) is 11.2 Å². The predicted molar refractivity (Wildman–Crippen MR) is 118 cm³/mol. The highest BCUT2D eigenvalue weighted by atomic mass is 35.5. The molecule has 4 rings (SSSR count). The van der Waals surface area contributed by atoms with Gasteiger partial charge in [0.25, 0.3) is 0 Å². The Labute approximate surface area is 188 Å². The van der Waals surface area contributed by atoms with Crippen LogP contribution in [0.2, 0.25) is 5.02 Å². The van der Waals surface area contributed by atoms with Gasteiger partial charge in [0.1, 0.15) is 11.3 Å². The van der Waals surface area contributed by atoms with Crippen LogP contribution in [0.1, 0.15) is 43.9 Å². The van der Waals surface area contributed by atoms with E-state index < -0.39 is 22.9 Å². The number of phenolic OH excluding ortho intramolecular Hbond substituents is 1. The number of benzene rings is 2. The van der Waals surface area contributed by atoms with Gasteiger partial charge in [-0.2, -0.15) is 13.2 Å². The van der Waals surface area contributed by atoms with Gasteiger partial charge >= 0.3 is 6.18 Å². The molecule has 32 heavy (non-hydrogen) atoms.